The van der Waals surface area contributed by atoms with E-state index < -0.39 is 5.97 Å². The molecule has 3 aromatic rings. The fraction of sp³-hybridized carbons (Fsp3) is 0.545. The van der Waals surface area contributed by atoms with Crippen molar-refractivity contribution in [3.05, 3.63) is 47.5 Å². The van der Waals surface area contributed by atoms with Crippen molar-refractivity contribution < 1.29 is 14.6 Å². The van der Waals surface area contributed by atoms with Crippen LogP contribution >= 0.6 is 0 Å². The summed E-state index contributed by atoms with van der Waals surface area (Å²) < 4.78 is 8.63. The van der Waals surface area contributed by atoms with E-state index in [1.165, 1.54) is 92.4 Å². The van der Waals surface area contributed by atoms with Gasteiger partial charge in [-0.2, -0.15) is 0 Å². The summed E-state index contributed by atoms with van der Waals surface area (Å²) in [5, 5.41) is 11.1. The van der Waals surface area contributed by atoms with Crippen LogP contribution in [0.5, 0.6) is 5.75 Å². The summed E-state index contributed by atoms with van der Waals surface area (Å²) in [5.74, 6) is 0.565. The molecule has 0 atom stereocenters. The molecule has 6 rings (SSSR count). The zero-order valence-corrected chi connectivity index (χ0v) is 23.6. The minimum Gasteiger partial charge on any atom is -0.491 e. The summed E-state index contributed by atoms with van der Waals surface area (Å²) in [5.41, 5.74) is 6.67. The SMILES string of the molecule is CC(C)Oc1ccc2c(c1)N(CCN1CCCCC1)CCn1c-2c(C2CCCCC2)c2ccc(C(=O)O)cc21. The third kappa shape index (κ3) is 5.28. The third-order valence-electron chi connectivity index (χ3n) is 9.03. The van der Waals surface area contributed by atoms with Gasteiger partial charge in [0.15, 0.2) is 0 Å². The van der Waals surface area contributed by atoms with Crippen LogP contribution in [0.2, 0.25) is 0 Å². The number of fused-ring (bicyclic) bond motifs is 5. The van der Waals surface area contributed by atoms with Crippen LogP contribution in [0.4, 0.5) is 5.69 Å². The number of nitrogens with zero attached hydrogens (tertiary/aromatic N) is 3. The Morgan fingerprint density at radius 2 is 1.69 bits per heavy atom. The number of aromatic nitrogens is 1. The van der Waals surface area contributed by atoms with Crippen molar-refractivity contribution in [3.8, 4) is 17.0 Å². The van der Waals surface area contributed by atoms with Crippen LogP contribution in [0.3, 0.4) is 0 Å². The highest BCUT2D eigenvalue weighted by Gasteiger charge is 2.31. The average molecular weight is 530 g/mol. The Labute approximate surface area is 232 Å². The standard InChI is InChI=1S/C33H43N3O3/c1-23(2)39-26-12-14-28-29(22-26)35(18-17-34-15-7-4-8-16-34)19-20-36-30-21-25(33(37)38)11-13-27(30)31(32(28)36)24-9-5-3-6-10-24/h11-14,21-24H,3-10,15-20H2,1-2H3,(H,37,38). The molecule has 208 valence electrons. The minimum atomic E-state index is -0.862. The second-order valence-corrected chi connectivity index (χ2v) is 12.0. The number of hydrogen-bond acceptors (Lipinski definition) is 4. The molecule has 39 heavy (non-hydrogen) atoms. The third-order valence-corrected chi connectivity index (χ3v) is 9.03. The number of ether oxygens (including phenoxy) is 1. The van der Waals surface area contributed by atoms with Gasteiger partial charge in [0.25, 0.3) is 0 Å². The maximum Gasteiger partial charge on any atom is 0.335 e. The topological polar surface area (TPSA) is 57.9 Å². The van der Waals surface area contributed by atoms with Gasteiger partial charge in [-0.3, -0.25) is 0 Å². The summed E-state index contributed by atoms with van der Waals surface area (Å²) in [7, 11) is 0. The van der Waals surface area contributed by atoms with E-state index in [9.17, 15) is 9.90 Å². The molecule has 1 N–H and O–H groups in total. The molecule has 2 aromatic carbocycles. The van der Waals surface area contributed by atoms with Crippen molar-refractivity contribution in [1.29, 1.82) is 0 Å². The number of aromatic carboxylic acids is 1. The second kappa shape index (κ2) is 11.2. The van der Waals surface area contributed by atoms with Gasteiger partial charge in [0.05, 0.1) is 17.4 Å². The molecule has 1 aliphatic carbocycles. The lowest BCUT2D eigenvalue weighted by atomic mass is 9.81. The van der Waals surface area contributed by atoms with Crippen molar-refractivity contribution >= 4 is 22.6 Å². The van der Waals surface area contributed by atoms with Crippen LogP contribution < -0.4 is 9.64 Å². The first-order valence-corrected chi connectivity index (χ1v) is 15.2. The molecule has 1 aromatic heterocycles. The molecule has 2 fully saturated rings. The predicted molar refractivity (Wildman–Crippen MR) is 158 cm³/mol. The van der Waals surface area contributed by atoms with Gasteiger partial charge in [0.1, 0.15) is 5.75 Å². The maximum atomic E-state index is 12.0. The van der Waals surface area contributed by atoms with Crippen molar-refractivity contribution in [2.75, 3.05) is 37.6 Å². The Balaban J connectivity index is 1.49. The van der Waals surface area contributed by atoms with Crippen LogP contribution in [0.1, 0.15) is 87.1 Å². The number of rotatable bonds is 7. The van der Waals surface area contributed by atoms with Crippen LogP contribution in [0.25, 0.3) is 22.2 Å². The first-order valence-electron chi connectivity index (χ1n) is 15.2. The number of anilines is 1. The largest absolute Gasteiger partial charge is 0.491 e. The number of carboxylic acids is 1. The van der Waals surface area contributed by atoms with Crippen molar-refractivity contribution in [2.45, 2.75) is 83.8 Å². The summed E-state index contributed by atoms with van der Waals surface area (Å²) in [4.78, 5) is 17.1. The Kier molecular flexibility index (Phi) is 7.57. The van der Waals surface area contributed by atoms with Gasteiger partial charge in [0.2, 0.25) is 0 Å². The van der Waals surface area contributed by atoms with Gasteiger partial charge in [-0.25, -0.2) is 4.79 Å². The summed E-state index contributed by atoms with van der Waals surface area (Å²) in [6, 6.07) is 12.4. The highest BCUT2D eigenvalue weighted by atomic mass is 16.5. The summed E-state index contributed by atoms with van der Waals surface area (Å²) >= 11 is 0. The highest BCUT2D eigenvalue weighted by molar-refractivity contribution is 5.99. The molecule has 0 unspecified atom stereocenters. The molecule has 1 saturated carbocycles. The highest BCUT2D eigenvalue weighted by Crippen LogP contribution is 2.48. The lowest BCUT2D eigenvalue weighted by molar-refractivity contribution is 0.0697. The first-order chi connectivity index (χ1) is 19.0. The van der Waals surface area contributed by atoms with E-state index in [-0.39, 0.29) is 6.10 Å². The van der Waals surface area contributed by atoms with Gasteiger partial charge in [0, 0.05) is 54.4 Å². The Bertz CT molecular complexity index is 1330. The number of carboxylic acid groups (broad SMARTS) is 1. The van der Waals surface area contributed by atoms with E-state index in [1.807, 2.05) is 6.07 Å². The van der Waals surface area contributed by atoms with E-state index in [2.05, 4.69) is 52.5 Å². The van der Waals surface area contributed by atoms with E-state index in [1.54, 1.807) is 6.07 Å². The van der Waals surface area contributed by atoms with Gasteiger partial charge in [-0.05, 0) is 88.4 Å². The number of hydrogen-bond donors (Lipinski definition) is 1. The number of benzene rings is 2. The molecule has 6 heteroatoms. The zero-order chi connectivity index (χ0) is 26.9. The minimum absolute atomic E-state index is 0.120. The Morgan fingerprint density at radius 1 is 0.923 bits per heavy atom. The lowest BCUT2D eigenvalue weighted by Crippen LogP contribution is -2.38. The van der Waals surface area contributed by atoms with Gasteiger partial charge >= 0.3 is 5.97 Å². The fourth-order valence-corrected chi connectivity index (χ4v) is 7.17. The molecular formula is C33H43N3O3. The van der Waals surface area contributed by atoms with Crippen LogP contribution in [0, 0.1) is 0 Å². The van der Waals surface area contributed by atoms with Gasteiger partial charge in [-0.15, -0.1) is 0 Å². The normalized spacial score (nSPS) is 18.7. The molecule has 0 spiro atoms. The van der Waals surface area contributed by atoms with Crippen molar-refractivity contribution in [2.24, 2.45) is 0 Å². The molecule has 1 saturated heterocycles. The molecular weight excluding hydrogens is 486 g/mol. The lowest BCUT2D eigenvalue weighted by Gasteiger charge is -2.31. The Hall–Kier alpha value is -2.99. The molecule has 3 heterocycles. The molecule has 0 radical (unpaired) electrons. The van der Waals surface area contributed by atoms with E-state index in [0.29, 0.717) is 11.5 Å². The average Bonchev–Trinajstić information content (AvgIpc) is 3.18. The summed E-state index contributed by atoms with van der Waals surface area (Å²) in [6.07, 6.45) is 10.3. The predicted octanol–water partition coefficient (Wildman–Crippen LogP) is 7.15. The van der Waals surface area contributed by atoms with Crippen molar-refractivity contribution in [1.82, 2.24) is 9.47 Å². The van der Waals surface area contributed by atoms with E-state index in [4.69, 9.17) is 4.74 Å². The van der Waals surface area contributed by atoms with Crippen LogP contribution in [-0.2, 0) is 6.54 Å². The molecule has 0 bridgehead atoms. The number of piperidine rings is 1. The van der Waals surface area contributed by atoms with Gasteiger partial charge in [-0.1, -0.05) is 31.7 Å². The monoisotopic (exact) mass is 529 g/mol. The first kappa shape index (κ1) is 26.2. The van der Waals surface area contributed by atoms with E-state index in [0.717, 1.165) is 37.4 Å². The van der Waals surface area contributed by atoms with E-state index >= 15 is 0 Å². The fourth-order valence-electron chi connectivity index (χ4n) is 7.17. The van der Waals surface area contributed by atoms with Crippen LogP contribution in [-0.4, -0.2) is 59.4 Å². The van der Waals surface area contributed by atoms with Gasteiger partial charge < -0.3 is 24.2 Å². The molecule has 3 aliphatic rings. The molecule has 2 aliphatic heterocycles. The molecule has 0 amide bonds. The quantitative estimate of drug-likeness (QED) is 0.352. The zero-order valence-electron chi connectivity index (χ0n) is 23.6. The number of carbonyl (C=O) groups is 1. The second-order valence-electron chi connectivity index (χ2n) is 12.0. The molecule has 6 nitrogen and oxygen atoms in total. The maximum absolute atomic E-state index is 12.0. The summed E-state index contributed by atoms with van der Waals surface area (Å²) in [6.45, 7) is 10.4. The Morgan fingerprint density at radius 3 is 2.44 bits per heavy atom. The van der Waals surface area contributed by atoms with Crippen molar-refractivity contribution in [3.63, 3.8) is 0 Å². The van der Waals surface area contributed by atoms with Crippen LogP contribution in [0.15, 0.2) is 36.4 Å². The smallest absolute Gasteiger partial charge is 0.335 e. The number of likely N-dealkylation sites (tertiary alicyclic amines) is 1.